The lowest BCUT2D eigenvalue weighted by Crippen LogP contribution is -2.27. The summed E-state index contributed by atoms with van der Waals surface area (Å²) in [6.45, 7) is 5.06. The van der Waals surface area contributed by atoms with Gasteiger partial charge in [0.15, 0.2) is 0 Å². The van der Waals surface area contributed by atoms with E-state index in [1.165, 1.54) is 0 Å². The van der Waals surface area contributed by atoms with Crippen LogP contribution in [0.25, 0.3) is 0 Å². The van der Waals surface area contributed by atoms with Gasteiger partial charge in [-0.15, -0.1) is 0 Å². The number of anilines is 1. The Morgan fingerprint density at radius 3 is 2.44 bits per heavy atom. The summed E-state index contributed by atoms with van der Waals surface area (Å²) in [5.74, 6) is -1.54. The smallest absolute Gasteiger partial charge is 0.412 e. The van der Waals surface area contributed by atoms with Gasteiger partial charge < -0.3 is 4.74 Å². The second-order valence-electron chi connectivity index (χ2n) is 4.25. The molecule has 0 radical (unpaired) electrons. The first kappa shape index (κ1) is 12.4. The van der Waals surface area contributed by atoms with Gasteiger partial charge in [0.2, 0.25) is 0 Å². The molecule has 5 heteroatoms. The molecule has 88 valence electrons. The van der Waals surface area contributed by atoms with Gasteiger partial charge >= 0.3 is 6.09 Å². The number of rotatable bonds is 1. The van der Waals surface area contributed by atoms with E-state index >= 15 is 0 Å². The summed E-state index contributed by atoms with van der Waals surface area (Å²) in [5, 5.41) is 2.19. The lowest BCUT2D eigenvalue weighted by atomic mass is 10.2. The van der Waals surface area contributed by atoms with E-state index in [2.05, 4.69) is 5.32 Å². The molecule has 0 aromatic heterocycles. The molecule has 0 saturated carbocycles. The van der Waals surface area contributed by atoms with Crippen LogP contribution in [-0.2, 0) is 4.74 Å². The maximum Gasteiger partial charge on any atom is 0.412 e. The largest absolute Gasteiger partial charge is 0.444 e. The minimum Gasteiger partial charge on any atom is -0.444 e. The summed E-state index contributed by atoms with van der Waals surface area (Å²) >= 11 is 0. The summed E-state index contributed by atoms with van der Waals surface area (Å²) in [6, 6.07) is 2.87. The molecule has 0 aliphatic heterocycles. The second-order valence-corrected chi connectivity index (χ2v) is 4.25. The van der Waals surface area contributed by atoms with Crippen LogP contribution in [0.3, 0.4) is 0 Å². The number of carbonyl (C=O) groups excluding carboxylic acids is 1. The molecule has 0 saturated heterocycles. The van der Waals surface area contributed by atoms with E-state index in [9.17, 15) is 13.6 Å². The van der Waals surface area contributed by atoms with Crippen LogP contribution in [0, 0.1) is 11.6 Å². The van der Waals surface area contributed by atoms with Crippen molar-refractivity contribution >= 4 is 11.8 Å². The molecule has 1 amide bonds. The number of benzene rings is 1. The van der Waals surface area contributed by atoms with Crippen LogP contribution in [0.15, 0.2) is 18.2 Å². The fourth-order valence-corrected chi connectivity index (χ4v) is 1.00. The van der Waals surface area contributed by atoms with Crippen molar-refractivity contribution in [2.24, 2.45) is 0 Å². The molecule has 0 aliphatic carbocycles. The van der Waals surface area contributed by atoms with Crippen LogP contribution in [0.1, 0.15) is 20.8 Å². The summed E-state index contributed by atoms with van der Waals surface area (Å²) in [6.07, 6.45) is -0.780. The highest BCUT2D eigenvalue weighted by molar-refractivity contribution is 5.84. The van der Waals surface area contributed by atoms with Gasteiger partial charge in [0, 0.05) is 6.07 Å². The molecule has 1 aromatic rings. The fraction of sp³-hybridized carbons (Fsp3) is 0.364. The molecule has 0 heterocycles. The normalized spacial score (nSPS) is 11.1. The molecule has 1 aromatic carbocycles. The zero-order valence-electron chi connectivity index (χ0n) is 9.30. The van der Waals surface area contributed by atoms with Crippen molar-refractivity contribution in [3.63, 3.8) is 0 Å². The van der Waals surface area contributed by atoms with E-state index in [0.717, 1.165) is 12.1 Å². The van der Waals surface area contributed by atoms with E-state index < -0.39 is 23.3 Å². The van der Waals surface area contributed by atoms with Crippen molar-refractivity contribution in [3.05, 3.63) is 29.8 Å². The van der Waals surface area contributed by atoms with Crippen molar-refractivity contribution in [2.45, 2.75) is 26.4 Å². The second kappa shape index (κ2) is 4.47. The minimum atomic E-state index is -0.842. The molecular formula is C11H13F2NO2. The van der Waals surface area contributed by atoms with Gasteiger partial charge in [-0.1, -0.05) is 0 Å². The quantitative estimate of drug-likeness (QED) is 0.802. The number of carbonyl (C=O) groups is 1. The number of nitrogens with one attached hydrogen (secondary N) is 1. The number of hydrogen-bond donors (Lipinski definition) is 1. The monoisotopic (exact) mass is 229 g/mol. The molecule has 16 heavy (non-hydrogen) atoms. The topological polar surface area (TPSA) is 38.3 Å². The number of halogens is 2. The van der Waals surface area contributed by atoms with Crippen molar-refractivity contribution in [1.29, 1.82) is 0 Å². The first-order chi connectivity index (χ1) is 7.28. The molecule has 0 fully saturated rings. The Hall–Kier alpha value is -1.65. The first-order valence-electron chi connectivity index (χ1n) is 4.73. The highest BCUT2D eigenvalue weighted by Crippen LogP contribution is 2.16. The Labute approximate surface area is 92.4 Å². The predicted molar refractivity (Wildman–Crippen MR) is 56.2 cm³/mol. The van der Waals surface area contributed by atoms with Gasteiger partial charge in [-0.2, -0.15) is 0 Å². The average molecular weight is 229 g/mol. The summed E-state index contributed by atoms with van der Waals surface area (Å²) in [5.41, 5.74) is -0.781. The third-order valence-electron chi connectivity index (χ3n) is 1.57. The van der Waals surface area contributed by atoms with Crippen molar-refractivity contribution in [3.8, 4) is 0 Å². The zero-order chi connectivity index (χ0) is 12.3. The van der Waals surface area contributed by atoms with E-state index in [1.54, 1.807) is 20.8 Å². The Morgan fingerprint density at radius 1 is 1.31 bits per heavy atom. The van der Waals surface area contributed by atoms with Crippen molar-refractivity contribution in [2.75, 3.05) is 5.32 Å². The van der Waals surface area contributed by atoms with Gasteiger partial charge in [-0.05, 0) is 32.9 Å². The number of ether oxygens (including phenoxy) is 1. The van der Waals surface area contributed by atoms with Gasteiger partial charge in [-0.3, -0.25) is 5.32 Å². The maximum atomic E-state index is 13.1. The van der Waals surface area contributed by atoms with E-state index in [0.29, 0.717) is 6.07 Å². The molecule has 1 N–H and O–H groups in total. The standard InChI is InChI=1S/C11H13F2NO2/c1-11(2,3)16-10(15)14-9-5-4-7(12)6-8(9)13/h4-6H,1-3H3,(H,14,15). The summed E-state index contributed by atoms with van der Waals surface area (Å²) < 4.78 is 30.6. The van der Waals surface area contributed by atoms with Crippen LogP contribution in [-0.4, -0.2) is 11.7 Å². The van der Waals surface area contributed by atoms with Gasteiger partial charge in [0.05, 0.1) is 5.69 Å². The molecule has 0 spiro atoms. The summed E-state index contributed by atoms with van der Waals surface area (Å²) in [4.78, 5) is 11.3. The fourth-order valence-electron chi connectivity index (χ4n) is 1.00. The Bertz CT molecular complexity index is 399. The molecule has 3 nitrogen and oxygen atoms in total. The van der Waals surface area contributed by atoms with Gasteiger partial charge in [0.1, 0.15) is 17.2 Å². The lowest BCUT2D eigenvalue weighted by molar-refractivity contribution is 0.0635. The third kappa shape index (κ3) is 3.84. The third-order valence-corrected chi connectivity index (χ3v) is 1.57. The average Bonchev–Trinajstić information content (AvgIpc) is 2.06. The Balaban J connectivity index is 2.70. The van der Waals surface area contributed by atoms with Crippen LogP contribution in [0.2, 0.25) is 0 Å². The molecule has 0 bridgehead atoms. The highest BCUT2D eigenvalue weighted by Gasteiger charge is 2.17. The summed E-state index contributed by atoms with van der Waals surface area (Å²) in [7, 11) is 0. The van der Waals surface area contributed by atoms with Crippen LogP contribution < -0.4 is 5.32 Å². The van der Waals surface area contributed by atoms with Crippen molar-refractivity contribution < 1.29 is 18.3 Å². The SMILES string of the molecule is CC(C)(C)OC(=O)Nc1ccc(F)cc1F. The lowest BCUT2D eigenvalue weighted by Gasteiger charge is -2.19. The van der Waals surface area contributed by atoms with E-state index in [4.69, 9.17) is 4.74 Å². The molecule has 0 unspecified atom stereocenters. The molecule has 1 rings (SSSR count). The molecular weight excluding hydrogens is 216 g/mol. The van der Waals surface area contributed by atoms with Crippen LogP contribution >= 0.6 is 0 Å². The van der Waals surface area contributed by atoms with Crippen LogP contribution in [0.4, 0.5) is 19.3 Å². The maximum absolute atomic E-state index is 13.1. The zero-order valence-corrected chi connectivity index (χ0v) is 9.30. The highest BCUT2D eigenvalue weighted by atomic mass is 19.1. The Kier molecular flexibility index (Phi) is 3.47. The van der Waals surface area contributed by atoms with E-state index in [1.807, 2.05) is 0 Å². The number of hydrogen-bond acceptors (Lipinski definition) is 2. The predicted octanol–water partition coefficient (Wildman–Crippen LogP) is 3.31. The molecule has 0 aliphatic rings. The van der Waals surface area contributed by atoms with Crippen LogP contribution in [0.5, 0.6) is 0 Å². The van der Waals surface area contributed by atoms with Gasteiger partial charge in [0.25, 0.3) is 0 Å². The van der Waals surface area contributed by atoms with Crippen molar-refractivity contribution in [1.82, 2.24) is 0 Å². The molecule has 0 atom stereocenters. The minimum absolute atomic E-state index is 0.115. The van der Waals surface area contributed by atoms with E-state index in [-0.39, 0.29) is 5.69 Å². The number of amides is 1. The van der Waals surface area contributed by atoms with Gasteiger partial charge in [-0.25, -0.2) is 13.6 Å². The Morgan fingerprint density at radius 2 is 1.94 bits per heavy atom. The first-order valence-corrected chi connectivity index (χ1v) is 4.73.